The van der Waals surface area contributed by atoms with Gasteiger partial charge in [0.1, 0.15) is 6.61 Å². The molecule has 1 atom stereocenters. The fraction of sp³-hybridized carbons (Fsp3) is 0.800. The van der Waals surface area contributed by atoms with Crippen LogP contribution in [0.25, 0.3) is 0 Å². The van der Waals surface area contributed by atoms with Crippen LogP contribution in [0.2, 0.25) is 0 Å². The number of aliphatic carboxylic acids is 1. The number of carbonyl (C=O) groups is 2. The van der Waals surface area contributed by atoms with Gasteiger partial charge in [-0.15, -0.1) is 0 Å². The minimum Gasteiger partial charge on any atom is -0.481 e. The molecule has 0 spiro atoms. The van der Waals surface area contributed by atoms with Gasteiger partial charge in [-0.25, -0.2) is 0 Å². The summed E-state index contributed by atoms with van der Waals surface area (Å²) in [6.45, 7) is 2.55. The van der Waals surface area contributed by atoms with Crippen LogP contribution in [0, 0.1) is 0 Å². The number of methoxy groups -OCH3 is 1. The van der Waals surface area contributed by atoms with Crippen LogP contribution in [-0.2, 0) is 19.1 Å². The van der Waals surface area contributed by atoms with Crippen molar-refractivity contribution >= 4 is 11.9 Å². The molecule has 16 heavy (non-hydrogen) atoms. The predicted molar refractivity (Wildman–Crippen MR) is 57.2 cm³/mol. The molecule has 6 heteroatoms. The van der Waals surface area contributed by atoms with Crippen LogP contribution in [0.4, 0.5) is 0 Å². The van der Waals surface area contributed by atoms with E-state index >= 15 is 0 Å². The molecular weight excluding hydrogens is 214 g/mol. The summed E-state index contributed by atoms with van der Waals surface area (Å²) in [5.41, 5.74) is 0. The largest absolute Gasteiger partial charge is 0.481 e. The minimum atomic E-state index is -0.863. The highest BCUT2D eigenvalue weighted by Crippen LogP contribution is 1.95. The van der Waals surface area contributed by atoms with Gasteiger partial charge in [0, 0.05) is 19.6 Å². The number of hydrogen-bond donors (Lipinski definition) is 2. The van der Waals surface area contributed by atoms with Crippen molar-refractivity contribution < 1.29 is 24.2 Å². The number of carbonyl (C=O) groups excluding carboxylic acids is 1. The van der Waals surface area contributed by atoms with Gasteiger partial charge in [0.2, 0.25) is 5.91 Å². The number of carboxylic acid groups (broad SMARTS) is 1. The first-order valence-electron chi connectivity index (χ1n) is 5.14. The number of rotatable bonds is 9. The first-order chi connectivity index (χ1) is 7.56. The van der Waals surface area contributed by atoms with Crippen molar-refractivity contribution in [3.8, 4) is 0 Å². The zero-order chi connectivity index (χ0) is 12.4. The third-order valence-electron chi connectivity index (χ3n) is 1.86. The highest BCUT2D eigenvalue weighted by Gasteiger charge is 2.08. The maximum Gasteiger partial charge on any atom is 0.303 e. The van der Waals surface area contributed by atoms with Crippen LogP contribution in [0.3, 0.4) is 0 Å². The summed E-state index contributed by atoms with van der Waals surface area (Å²) in [4.78, 5) is 21.5. The Kier molecular flexibility index (Phi) is 8.46. The van der Waals surface area contributed by atoms with Crippen LogP contribution < -0.4 is 5.32 Å². The summed E-state index contributed by atoms with van der Waals surface area (Å²) in [5.74, 6) is -1.11. The van der Waals surface area contributed by atoms with Crippen molar-refractivity contribution in [1.29, 1.82) is 0 Å². The maximum absolute atomic E-state index is 11.2. The molecule has 0 fully saturated rings. The fourth-order valence-corrected chi connectivity index (χ4v) is 1.04. The summed E-state index contributed by atoms with van der Waals surface area (Å²) >= 11 is 0. The van der Waals surface area contributed by atoms with Gasteiger partial charge in [-0.1, -0.05) is 0 Å². The molecule has 0 saturated carbocycles. The fourth-order valence-electron chi connectivity index (χ4n) is 1.04. The Morgan fingerprint density at radius 1 is 1.38 bits per heavy atom. The standard InChI is InChI=1S/C10H19NO5/c1-8(3-4-10(13)14)11-9(12)7-16-6-5-15-2/h8H,3-7H2,1-2H3,(H,11,12)(H,13,14). The van der Waals surface area contributed by atoms with Crippen LogP contribution in [0.1, 0.15) is 19.8 Å². The van der Waals surface area contributed by atoms with Gasteiger partial charge >= 0.3 is 5.97 Å². The zero-order valence-corrected chi connectivity index (χ0v) is 9.69. The van der Waals surface area contributed by atoms with Crippen LogP contribution in [0.15, 0.2) is 0 Å². The van der Waals surface area contributed by atoms with Crippen molar-refractivity contribution in [1.82, 2.24) is 5.32 Å². The monoisotopic (exact) mass is 233 g/mol. The average Bonchev–Trinajstić information content (AvgIpc) is 2.21. The van der Waals surface area contributed by atoms with E-state index in [1.165, 1.54) is 0 Å². The Labute approximate surface area is 94.9 Å². The van der Waals surface area contributed by atoms with Crippen molar-refractivity contribution in [2.45, 2.75) is 25.8 Å². The molecular formula is C10H19NO5. The normalized spacial score (nSPS) is 12.1. The van der Waals surface area contributed by atoms with Gasteiger partial charge in [0.15, 0.2) is 0 Å². The van der Waals surface area contributed by atoms with Gasteiger partial charge < -0.3 is 19.9 Å². The first-order valence-corrected chi connectivity index (χ1v) is 5.14. The van der Waals surface area contributed by atoms with Crippen molar-refractivity contribution in [3.63, 3.8) is 0 Å². The lowest BCUT2D eigenvalue weighted by Gasteiger charge is -2.12. The Hall–Kier alpha value is -1.14. The van der Waals surface area contributed by atoms with Crippen molar-refractivity contribution in [2.75, 3.05) is 26.9 Å². The number of hydrogen-bond acceptors (Lipinski definition) is 4. The van der Waals surface area contributed by atoms with Gasteiger partial charge in [0.25, 0.3) is 0 Å². The molecule has 0 aromatic heterocycles. The van der Waals surface area contributed by atoms with Crippen LogP contribution >= 0.6 is 0 Å². The molecule has 0 heterocycles. The van der Waals surface area contributed by atoms with E-state index in [-0.39, 0.29) is 25.0 Å². The molecule has 0 aromatic carbocycles. The molecule has 0 radical (unpaired) electrons. The minimum absolute atomic E-state index is 0.0270. The van der Waals surface area contributed by atoms with Gasteiger partial charge in [-0.05, 0) is 13.3 Å². The Balaban J connectivity index is 3.50. The number of amides is 1. The van der Waals surface area contributed by atoms with E-state index in [0.29, 0.717) is 19.6 Å². The van der Waals surface area contributed by atoms with E-state index in [0.717, 1.165) is 0 Å². The second-order valence-electron chi connectivity index (χ2n) is 3.45. The highest BCUT2D eigenvalue weighted by atomic mass is 16.5. The lowest BCUT2D eigenvalue weighted by molar-refractivity contribution is -0.137. The van der Waals surface area contributed by atoms with Crippen molar-refractivity contribution in [3.05, 3.63) is 0 Å². The molecule has 1 unspecified atom stereocenters. The first kappa shape index (κ1) is 14.9. The van der Waals surface area contributed by atoms with E-state index in [4.69, 9.17) is 14.6 Å². The number of nitrogens with one attached hydrogen (secondary N) is 1. The average molecular weight is 233 g/mol. The smallest absolute Gasteiger partial charge is 0.303 e. The number of carboxylic acids is 1. The third-order valence-corrected chi connectivity index (χ3v) is 1.86. The molecule has 0 saturated heterocycles. The molecule has 0 aliphatic carbocycles. The molecule has 1 amide bonds. The quantitative estimate of drug-likeness (QED) is 0.548. The highest BCUT2D eigenvalue weighted by molar-refractivity contribution is 5.77. The van der Waals surface area contributed by atoms with Gasteiger partial charge in [-0.3, -0.25) is 9.59 Å². The molecule has 0 bridgehead atoms. The molecule has 0 aromatic rings. The Morgan fingerprint density at radius 3 is 2.62 bits per heavy atom. The van der Waals surface area contributed by atoms with Crippen LogP contribution in [0.5, 0.6) is 0 Å². The van der Waals surface area contributed by atoms with E-state index in [2.05, 4.69) is 5.32 Å². The van der Waals surface area contributed by atoms with Gasteiger partial charge in [0.05, 0.1) is 13.2 Å². The lowest BCUT2D eigenvalue weighted by atomic mass is 10.2. The molecule has 6 nitrogen and oxygen atoms in total. The van der Waals surface area contributed by atoms with Crippen LogP contribution in [-0.4, -0.2) is 50.0 Å². The van der Waals surface area contributed by atoms with Gasteiger partial charge in [-0.2, -0.15) is 0 Å². The molecule has 0 rings (SSSR count). The Bertz CT molecular complexity index is 219. The van der Waals surface area contributed by atoms with Crippen molar-refractivity contribution in [2.24, 2.45) is 0 Å². The molecule has 2 N–H and O–H groups in total. The van der Waals surface area contributed by atoms with E-state index in [9.17, 15) is 9.59 Å². The summed E-state index contributed by atoms with van der Waals surface area (Å²) in [5, 5.41) is 11.1. The zero-order valence-electron chi connectivity index (χ0n) is 9.69. The SMILES string of the molecule is COCCOCC(=O)NC(C)CCC(=O)O. The van der Waals surface area contributed by atoms with E-state index in [1.807, 2.05) is 0 Å². The maximum atomic E-state index is 11.2. The topological polar surface area (TPSA) is 84.9 Å². The number of ether oxygens (including phenoxy) is 2. The lowest BCUT2D eigenvalue weighted by Crippen LogP contribution is -2.35. The summed E-state index contributed by atoms with van der Waals surface area (Å²) in [6.07, 6.45) is 0.463. The van der Waals surface area contributed by atoms with E-state index in [1.54, 1.807) is 14.0 Å². The summed E-state index contributed by atoms with van der Waals surface area (Å²) in [6, 6.07) is -0.158. The molecule has 0 aliphatic heterocycles. The summed E-state index contributed by atoms with van der Waals surface area (Å²) in [7, 11) is 1.55. The predicted octanol–water partition coefficient (Wildman–Crippen LogP) is 0.0189. The third kappa shape index (κ3) is 9.42. The van der Waals surface area contributed by atoms with E-state index < -0.39 is 5.97 Å². The second kappa shape index (κ2) is 9.11. The molecule has 94 valence electrons. The summed E-state index contributed by atoms with van der Waals surface area (Å²) < 4.78 is 9.76. The Morgan fingerprint density at radius 2 is 2.06 bits per heavy atom. The second-order valence-corrected chi connectivity index (χ2v) is 3.45. The molecule has 0 aliphatic rings.